The third kappa shape index (κ3) is 1.57. The maximum absolute atomic E-state index is 2.45. The number of rotatable bonds is 0. The summed E-state index contributed by atoms with van der Waals surface area (Å²) in [6.07, 6.45) is 5.81. The predicted octanol–water partition coefficient (Wildman–Crippen LogP) is 3.14. The third-order valence-corrected chi connectivity index (χ3v) is 5.46. The van der Waals surface area contributed by atoms with E-state index in [0.29, 0.717) is 6.04 Å². The van der Waals surface area contributed by atoms with E-state index in [0.717, 1.165) is 6.42 Å². The highest BCUT2D eigenvalue weighted by atomic mass is 15.2. The Labute approximate surface area is 136 Å². The van der Waals surface area contributed by atoms with Crippen molar-refractivity contribution in [3.05, 3.63) is 87.8 Å². The van der Waals surface area contributed by atoms with Gasteiger partial charge in [0, 0.05) is 18.3 Å². The summed E-state index contributed by atoms with van der Waals surface area (Å²) >= 11 is 0. The quantitative estimate of drug-likeness (QED) is 0.722. The van der Waals surface area contributed by atoms with Crippen LogP contribution in [0.5, 0.6) is 0 Å². The fourth-order valence-electron chi connectivity index (χ4n) is 4.49. The smallest absolute Gasteiger partial charge is 0.0808 e. The summed E-state index contributed by atoms with van der Waals surface area (Å²) in [6, 6.07) is 18.1. The topological polar surface area (TPSA) is 3.24 Å². The van der Waals surface area contributed by atoms with Gasteiger partial charge in [0.25, 0.3) is 0 Å². The van der Waals surface area contributed by atoms with Crippen molar-refractivity contribution in [3.63, 3.8) is 0 Å². The monoisotopic (exact) mass is 297 g/mol. The molecule has 0 spiro atoms. The summed E-state index contributed by atoms with van der Waals surface area (Å²) in [5.41, 5.74) is 8.55. The molecule has 23 heavy (non-hydrogen) atoms. The molecule has 0 saturated carbocycles. The summed E-state index contributed by atoms with van der Waals surface area (Å²) in [5, 5.41) is 2.79. The molecule has 1 aliphatic heterocycles. The van der Waals surface area contributed by atoms with E-state index in [-0.39, 0.29) is 0 Å². The van der Waals surface area contributed by atoms with Crippen molar-refractivity contribution in [3.8, 4) is 0 Å². The Morgan fingerprint density at radius 3 is 2.52 bits per heavy atom. The second kappa shape index (κ2) is 4.48. The van der Waals surface area contributed by atoms with E-state index in [2.05, 4.69) is 79.6 Å². The molecule has 0 bridgehead atoms. The fourth-order valence-corrected chi connectivity index (χ4v) is 4.49. The molecule has 0 radical (unpaired) electrons. The first-order valence-electron chi connectivity index (χ1n) is 8.30. The Kier molecular flexibility index (Phi) is 2.52. The molecule has 1 atom stereocenters. The van der Waals surface area contributed by atoms with Crippen LogP contribution in [0.25, 0.3) is 11.1 Å². The molecule has 3 aliphatic rings. The van der Waals surface area contributed by atoms with Gasteiger partial charge in [0.05, 0.1) is 6.04 Å². The van der Waals surface area contributed by atoms with E-state index >= 15 is 0 Å². The molecule has 0 N–H and O–H groups in total. The summed E-state index contributed by atoms with van der Waals surface area (Å²) < 4.78 is 0. The Balaban J connectivity index is 2.02. The van der Waals surface area contributed by atoms with Gasteiger partial charge >= 0.3 is 0 Å². The predicted molar refractivity (Wildman–Crippen MR) is 96.7 cm³/mol. The lowest BCUT2D eigenvalue weighted by molar-refractivity contribution is 0.895. The van der Waals surface area contributed by atoms with Gasteiger partial charge in [0.15, 0.2) is 0 Å². The SMILES string of the molecule is CC1=CCC=C2C1=c1ccccc1=C1c3ccccc3N(C)C21. The molecule has 1 nitrogen and oxygen atoms in total. The largest absolute Gasteiger partial charge is 0.363 e. The van der Waals surface area contributed by atoms with Crippen molar-refractivity contribution in [2.45, 2.75) is 19.4 Å². The van der Waals surface area contributed by atoms with Crippen LogP contribution in [0.2, 0.25) is 0 Å². The average Bonchev–Trinajstić information content (AvgIpc) is 2.89. The molecule has 1 heteroatoms. The lowest BCUT2D eigenvalue weighted by Gasteiger charge is -2.32. The molecular formula is C22H19N. The molecule has 2 aliphatic carbocycles. The minimum Gasteiger partial charge on any atom is -0.363 e. The summed E-state index contributed by atoms with van der Waals surface area (Å²) in [5.74, 6) is 0. The van der Waals surface area contributed by atoms with E-state index in [1.54, 1.807) is 0 Å². The van der Waals surface area contributed by atoms with Gasteiger partial charge in [-0.15, -0.1) is 0 Å². The summed E-state index contributed by atoms with van der Waals surface area (Å²) in [6.45, 7) is 2.26. The number of anilines is 1. The maximum atomic E-state index is 2.45. The van der Waals surface area contributed by atoms with Crippen LogP contribution in [0.1, 0.15) is 18.9 Å². The van der Waals surface area contributed by atoms with E-state index in [4.69, 9.17) is 0 Å². The number of para-hydroxylation sites is 1. The Bertz CT molecular complexity index is 1020. The zero-order chi connectivity index (χ0) is 15.6. The van der Waals surface area contributed by atoms with Crippen molar-refractivity contribution in [1.29, 1.82) is 0 Å². The van der Waals surface area contributed by atoms with Gasteiger partial charge in [-0.1, -0.05) is 54.6 Å². The van der Waals surface area contributed by atoms with Crippen LogP contribution in [0.4, 0.5) is 5.69 Å². The van der Waals surface area contributed by atoms with E-state index in [1.165, 1.54) is 44.0 Å². The van der Waals surface area contributed by atoms with E-state index in [1.807, 2.05) is 0 Å². The van der Waals surface area contributed by atoms with Gasteiger partial charge in [-0.05, 0) is 52.1 Å². The molecule has 112 valence electrons. The Morgan fingerprint density at radius 1 is 0.913 bits per heavy atom. The Morgan fingerprint density at radius 2 is 1.65 bits per heavy atom. The number of hydrogen-bond acceptors (Lipinski definition) is 1. The number of fused-ring (bicyclic) bond motifs is 6. The lowest BCUT2D eigenvalue weighted by atomic mass is 9.79. The van der Waals surface area contributed by atoms with Crippen molar-refractivity contribution in [2.75, 3.05) is 11.9 Å². The standard InChI is InChI=1S/C22H19N/c1-14-8-7-12-18-20(14)15-9-3-4-10-16(15)21-17-11-5-6-13-19(17)23(2)22(18)21/h3-6,8-13,22H,7H2,1-2H3. The van der Waals surface area contributed by atoms with Gasteiger partial charge in [-0.25, -0.2) is 0 Å². The second-order valence-electron chi connectivity index (χ2n) is 6.65. The molecule has 1 unspecified atom stereocenters. The summed E-state index contributed by atoms with van der Waals surface area (Å²) in [7, 11) is 2.23. The first kappa shape index (κ1) is 13.0. The molecule has 0 saturated heterocycles. The highest BCUT2D eigenvalue weighted by Crippen LogP contribution is 2.45. The van der Waals surface area contributed by atoms with Crippen LogP contribution in [0, 0.1) is 0 Å². The molecule has 2 aromatic rings. The maximum Gasteiger partial charge on any atom is 0.0808 e. The molecule has 2 aromatic carbocycles. The van der Waals surface area contributed by atoms with Gasteiger partial charge in [0.2, 0.25) is 0 Å². The minimum atomic E-state index is 0.348. The number of benzene rings is 2. The molecule has 0 aromatic heterocycles. The van der Waals surface area contributed by atoms with Crippen LogP contribution < -0.4 is 15.3 Å². The van der Waals surface area contributed by atoms with Crippen LogP contribution in [-0.4, -0.2) is 13.1 Å². The van der Waals surface area contributed by atoms with E-state index in [9.17, 15) is 0 Å². The number of hydrogen-bond donors (Lipinski definition) is 0. The molecule has 0 fully saturated rings. The van der Waals surface area contributed by atoms with Crippen LogP contribution in [-0.2, 0) is 0 Å². The van der Waals surface area contributed by atoms with Gasteiger partial charge < -0.3 is 4.90 Å². The summed E-state index contributed by atoms with van der Waals surface area (Å²) in [4.78, 5) is 2.45. The zero-order valence-corrected chi connectivity index (χ0v) is 13.5. The number of allylic oxidation sites excluding steroid dienone is 3. The third-order valence-electron chi connectivity index (χ3n) is 5.46. The molecule has 1 heterocycles. The fraction of sp³-hybridized carbons (Fsp3) is 0.182. The van der Waals surface area contributed by atoms with Crippen LogP contribution >= 0.6 is 0 Å². The molecule has 0 amide bonds. The van der Waals surface area contributed by atoms with E-state index < -0.39 is 0 Å². The van der Waals surface area contributed by atoms with Crippen molar-refractivity contribution < 1.29 is 0 Å². The zero-order valence-electron chi connectivity index (χ0n) is 13.5. The van der Waals surface area contributed by atoms with Crippen LogP contribution in [0.15, 0.2) is 71.8 Å². The van der Waals surface area contributed by atoms with Gasteiger partial charge in [-0.2, -0.15) is 0 Å². The van der Waals surface area contributed by atoms with Gasteiger partial charge in [0.1, 0.15) is 0 Å². The first-order valence-corrected chi connectivity index (χ1v) is 8.30. The van der Waals surface area contributed by atoms with Gasteiger partial charge in [-0.3, -0.25) is 0 Å². The Hall–Kier alpha value is -2.54. The van der Waals surface area contributed by atoms with Crippen molar-refractivity contribution in [2.24, 2.45) is 0 Å². The second-order valence-corrected chi connectivity index (χ2v) is 6.65. The highest BCUT2D eigenvalue weighted by Gasteiger charge is 2.38. The number of likely N-dealkylation sites (N-methyl/N-ethyl adjacent to an activating group) is 1. The van der Waals surface area contributed by atoms with Crippen LogP contribution in [0.3, 0.4) is 0 Å². The normalized spacial score (nSPS) is 21.1. The highest BCUT2D eigenvalue weighted by molar-refractivity contribution is 5.97. The van der Waals surface area contributed by atoms with Crippen molar-refractivity contribution >= 4 is 16.8 Å². The average molecular weight is 297 g/mol. The minimum absolute atomic E-state index is 0.348. The first-order chi connectivity index (χ1) is 11.3. The molecular weight excluding hydrogens is 278 g/mol. The van der Waals surface area contributed by atoms with Crippen molar-refractivity contribution in [1.82, 2.24) is 0 Å². The molecule has 5 rings (SSSR count). The number of nitrogens with zero attached hydrogens (tertiary/aromatic N) is 1. The lowest BCUT2D eigenvalue weighted by Crippen LogP contribution is -2.43.